The predicted octanol–water partition coefficient (Wildman–Crippen LogP) is 2.65. The van der Waals surface area contributed by atoms with Crippen LogP contribution in [0.15, 0.2) is 12.1 Å². The van der Waals surface area contributed by atoms with Gasteiger partial charge in [0.15, 0.2) is 11.5 Å². The van der Waals surface area contributed by atoms with Crippen LogP contribution in [0.2, 0.25) is 5.02 Å². The molecule has 1 atom stereocenters. The Morgan fingerprint density at radius 1 is 1.50 bits per heavy atom. The zero-order chi connectivity index (χ0) is 15.2. The summed E-state index contributed by atoms with van der Waals surface area (Å²) in [4.78, 5) is 12.3. The molecule has 0 radical (unpaired) electrons. The number of rotatable bonds is 5. The third-order valence-corrected chi connectivity index (χ3v) is 3.69. The van der Waals surface area contributed by atoms with Gasteiger partial charge in [-0.15, -0.1) is 12.4 Å². The van der Waals surface area contributed by atoms with Crippen LogP contribution in [0, 0.1) is 0 Å². The minimum Gasteiger partial charge on any atom is -0.493 e. The maximum Gasteiger partial charge on any atom is 0.251 e. The SMILES string of the molecule is CCOc1c(Cl)cc(C(=O)NC2CCCNC2)cc1OC.Cl. The van der Waals surface area contributed by atoms with E-state index in [0.717, 1.165) is 25.9 Å². The molecule has 1 unspecified atom stereocenters. The number of hydrogen-bond donors (Lipinski definition) is 2. The number of benzene rings is 1. The third-order valence-electron chi connectivity index (χ3n) is 3.41. The van der Waals surface area contributed by atoms with Crippen molar-refractivity contribution in [1.82, 2.24) is 10.6 Å². The summed E-state index contributed by atoms with van der Waals surface area (Å²) < 4.78 is 10.7. The van der Waals surface area contributed by atoms with Crippen molar-refractivity contribution in [3.05, 3.63) is 22.7 Å². The Morgan fingerprint density at radius 2 is 2.27 bits per heavy atom. The van der Waals surface area contributed by atoms with Gasteiger partial charge in [0.2, 0.25) is 0 Å². The minimum absolute atomic E-state index is 0. The van der Waals surface area contributed by atoms with Gasteiger partial charge in [-0.05, 0) is 38.4 Å². The molecule has 1 aliphatic rings. The molecule has 0 saturated carbocycles. The van der Waals surface area contributed by atoms with E-state index in [1.54, 1.807) is 12.1 Å². The number of piperidine rings is 1. The normalized spacial score (nSPS) is 17.3. The maximum absolute atomic E-state index is 12.3. The molecule has 0 spiro atoms. The molecule has 5 nitrogen and oxygen atoms in total. The summed E-state index contributed by atoms with van der Waals surface area (Å²) in [6.07, 6.45) is 2.05. The number of amides is 1. The monoisotopic (exact) mass is 348 g/mol. The zero-order valence-electron chi connectivity index (χ0n) is 12.8. The highest BCUT2D eigenvalue weighted by molar-refractivity contribution is 6.32. The lowest BCUT2D eigenvalue weighted by Crippen LogP contribution is -2.45. The van der Waals surface area contributed by atoms with E-state index in [9.17, 15) is 4.79 Å². The number of carbonyl (C=O) groups excluding carboxylic acids is 1. The Morgan fingerprint density at radius 3 is 2.86 bits per heavy atom. The Labute approximate surface area is 142 Å². The van der Waals surface area contributed by atoms with Crippen molar-refractivity contribution in [2.24, 2.45) is 0 Å². The second-order valence-corrected chi connectivity index (χ2v) is 5.35. The molecule has 1 aromatic rings. The van der Waals surface area contributed by atoms with Crippen LogP contribution in [-0.4, -0.2) is 38.8 Å². The molecule has 1 fully saturated rings. The van der Waals surface area contributed by atoms with Gasteiger partial charge in [-0.3, -0.25) is 4.79 Å². The highest BCUT2D eigenvalue weighted by Crippen LogP contribution is 2.36. The van der Waals surface area contributed by atoms with Gasteiger partial charge in [0, 0.05) is 18.2 Å². The first-order chi connectivity index (χ1) is 10.2. The van der Waals surface area contributed by atoms with Gasteiger partial charge in [0.25, 0.3) is 5.91 Å². The van der Waals surface area contributed by atoms with Gasteiger partial charge in [-0.25, -0.2) is 0 Å². The Hall–Kier alpha value is -1.17. The van der Waals surface area contributed by atoms with Crippen molar-refractivity contribution in [3.8, 4) is 11.5 Å². The molecule has 1 amide bonds. The van der Waals surface area contributed by atoms with Gasteiger partial charge in [-0.1, -0.05) is 11.6 Å². The van der Waals surface area contributed by atoms with Crippen LogP contribution in [0.25, 0.3) is 0 Å². The Kier molecular flexibility index (Phi) is 7.79. The van der Waals surface area contributed by atoms with E-state index in [1.807, 2.05) is 6.92 Å². The number of methoxy groups -OCH3 is 1. The number of halogens is 2. The average molecular weight is 349 g/mol. The molecule has 124 valence electrons. The molecule has 1 saturated heterocycles. The number of nitrogens with one attached hydrogen (secondary N) is 2. The van der Waals surface area contributed by atoms with Crippen molar-refractivity contribution in [2.75, 3.05) is 26.8 Å². The van der Waals surface area contributed by atoms with Gasteiger partial charge >= 0.3 is 0 Å². The lowest BCUT2D eigenvalue weighted by Gasteiger charge is -2.24. The van der Waals surface area contributed by atoms with Gasteiger partial charge in [0.05, 0.1) is 18.7 Å². The minimum atomic E-state index is -0.146. The van der Waals surface area contributed by atoms with Crippen LogP contribution >= 0.6 is 24.0 Å². The lowest BCUT2D eigenvalue weighted by molar-refractivity contribution is 0.0930. The summed E-state index contributed by atoms with van der Waals surface area (Å²) in [6.45, 7) is 4.16. The van der Waals surface area contributed by atoms with Crippen molar-refractivity contribution >= 4 is 29.9 Å². The maximum atomic E-state index is 12.3. The largest absolute Gasteiger partial charge is 0.493 e. The van der Waals surface area contributed by atoms with E-state index in [0.29, 0.717) is 28.7 Å². The standard InChI is InChI=1S/C15H21ClN2O3.ClH/c1-3-21-14-12(16)7-10(8-13(14)20-2)15(19)18-11-5-4-6-17-9-11;/h7-8,11,17H,3-6,9H2,1-2H3,(H,18,19);1H. The summed E-state index contributed by atoms with van der Waals surface area (Å²) in [6, 6.07) is 3.42. The quantitative estimate of drug-likeness (QED) is 0.858. The fraction of sp³-hybridized carbons (Fsp3) is 0.533. The van der Waals surface area contributed by atoms with E-state index < -0.39 is 0 Å². The molecule has 0 bridgehead atoms. The summed E-state index contributed by atoms with van der Waals surface area (Å²) in [7, 11) is 1.53. The average Bonchev–Trinajstić information content (AvgIpc) is 2.50. The third kappa shape index (κ3) is 4.66. The molecule has 1 heterocycles. The number of ether oxygens (including phenoxy) is 2. The lowest BCUT2D eigenvalue weighted by atomic mass is 10.1. The molecule has 7 heteroatoms. The van der Waals surface area contributed by atoms with Crippen molar-refractivity contribution < 1.29 is 14.3 Å². The number of carbonyl (C=O) groups is 1. The molecule has 0 aliphatic carbocycles. The molecule has 1 aliphatic heterocycles. The van der Waals surface area contributed by atoms with Crippen LogP contribution in [0.4, 0.5) is 0 Å². The zero-order valence-corrected chi connectivity index (χ0v) is 14.4. The summed E-state index contributed by atoms with van der Waals surface area (Å²) in [5.41, 5.74) is 0.478. The van der Waals surface area contributed by atoms with E-state index in [-0.39, 0.29) is 24.4 Å². The molecule has 2 N–H and O–H groups in total. The molecular weight excluding hydrogens is 327 g/mol. The number of hydrogen-bond acceptors (Lipinski definition) is 4. The van der Waals surface area contributed by atoms with Crippen molar-refractivity contribution in [1.29, 1.82) is 0 Å². The Bertz CT molecular complexity index is 506. The highest BCUT2D eigenvalue weighted by Gasteiger charge is 2.19. The van der Waals surface area contributed by atoms with Gasteiger partial charge < -0.3 is 20.1 Å². The fourth-order valence-corrected chi connectivity index (χ4v) is 2.64. The van der Waals surface area contributed by atoms with Crippen LogP contribution in [-0.2, 0) is 0 Å². The molecule has 1 aromatic carbocycles. The first-order valence-corrected chi connectivity index (χ1v) is 7.55. The molecule has 0 aromatic heterocycles. The first kappa shape index (κ1) is 18.9. The smallest absolute Gasteiger partial charge is 0.251 e. The van der Waals surface area contributed by atoms with E-state index in [4.69, 9.17) is 21.1 Å². The summed E-state index contributed by atoms with van der Waals surface area (Å²) in [5, 5.41) is 6.65. The summed E-state index contributed by atoms with van der Waals surface area (Å²) >= 11 is 6.18. The van der Waals surface area contributed by atoms with Gasteiger partial charge in [0.1, 0.15) is 0 Å². The second kappa shape index (κ2) is 9.08. The van der Waals surface area contributed by atoms with E-state index in [2.05, 4.69) is 10.6 Å². The predicted molar refractivity (Wildman–Crippen MR) is 89.8 cm³/mol. The van der Waals surface area contributed by atoms with Crippen LogP contribution in [0.5, 0.6) is 11.5 Å². The van der Waals surface area contributed by atoms with Crippen molar-refractivity contribution in [3.63, 3.8) is 0 Å². The van der Waals surface area contributed by atoms with E-state index in [1.165, 1.54) is 7.11 Å². The molecular formula is C15H22Cl2N2O3. The topological polar surface area (TPSA) is 59.6 Å². The van der Waals surface area contributed by atoms with E-state index >= 15 is 0 Å². The van der Waals surface area contributed by atoms with Crippen LogP contribution in [0.3, 0.4) is 0 Å². The fourth-order valence-electron chi connectivity index (χ4n) is 2.38. The van der Waals surface area contributed by atoms with Gasteiger partial charge in [-0.2, -0.15) is 0 Å². The second-order valence-electron chi connectivity index (χ2n) is 4.94. The molecule has 2 rings (SSSR count). The highest BCUT2D eigenvalue weighted by atomic mass is 35.5. The van der Waals surface area contributed by atoms with Crippen LogP contribution < -0.4 is 20.1 Å². The van der Waals surface area contributed by atoms with Crippen molar-refractivity contribution in [2.45, 2.75) is 25.8 Å². The molecule has 22 heavy (non-hydrogen) atoms. The Balaban J connectivity index is 0.00000242. The summed E-state index contributed by atoms with van der Waals surface area (Å²) in [5.74, 6) is 0.792. The first-order valence-electron chi connectivity index (χ1n) is 7.17. The van der Waals surface area contributed by atoms with Crippen LogP contribution in [0.1, 0.15) is 30.1 Å².